The number of nitrogens with one attached hydrogen (secondary N) is 2. The normalized spacial score (nSPS) is 19.6. The van der Waals surface area contributed by atoms with E-state index in [2.05, 4.69) is 15.6 Å². The molecular weight excluding hydrogens is 314 g/mol. The molecule has 2 N–H and O–H groups in total. The fourth-order valence-electron chi connectivity index (χ4n) is 1.95. The van der Waals surface area contributed by atoms with E-state index in [4.69, 9.17) is 4.74 Å². The first kappa shape index (κ1) is 17.3. The number of hydrogen-bond donors (Lipinski definition) is 2. The lowest BCUT2D eigenvalue weighted by Gasteiger charge is -2.12. The van der Waals surface area contributed by atoms with Crippen molar-refractivity contribution in [1.29, 1.82) is 0 Å². The standard InChI is InChI=1S/C16H21N3O3S/c1-16(2,3)19-15-18-14(21)12(23-15)9-13(20)17-10-5-7-11(22-4)8-6-10/h5-8,12H,9H2,1-4H3,(H,17,20)(H,18,19,21)/t12-/m0/s1. The van der Waals surface area contributed by atoms with E-state index < -0.39 is 5.25 Å². The average Bonchev–Trinajstić information content (AvgIpc) is 2.77. The molecule has 0 radical (unpaired) electrons. The minimum atomic E-state index is -0.450. The maximum Gasteiger partial charge on any atom is 0.240 e. The smallest absolute Gasteiger partial charge is 0.240 e. The maximum atomic E-state index is 12.1. The molecule has 1 aliphatic heterocycles. The van der Waals surface area contributed by atoms with Gasteiger partial charge in [0.2, 0.25) is 11.8 Å². The number of methoxy groups -OCH3 is 1. The summed E-state index contributed by atoms with van der Waals surface area (Å²) >= 11 is 1.30. The van der Waals surface area contributed by atoms with Gasteiger partial charge in [-0.25, -0.2) is 0 Å². The van der Waals surface area contributed by atoms with Crippen LogP contribution in [0.2, 0.25) is 0 Å². The van der Waals surface area contributed by atoms with Gasteiger partial charge >= 0.3 is 0 Å². The zero-order chi connectivity index (χ0) is 17.0. The highest BCUT2D eigenvalue weighted by molar-refractivity contribution is 8.15. The van der Waals surface area contributed by atoms with E-state index in [1.807, 2.05) is 20.8 Å². The van der Waals surface area contributed by atoms with Gasteiger partial charge < -0.3 is 15.4 Å². The number of benzene rings is 1. The molecule has 6 nitrogen and oxygen atoms in total. The van der Waals surface area contributed by atoms with Crippen molar-refractivity contribution in [3.8, 4) is 5.75 Å². The van der Waals surface area contributed by atoms with E-state index in [1.165, 1.54) is 11.8 Å². The van der Waals surface area contributed by atoms with Gasteiger partial charge in [0.05, 0.1) is 12.6 Å². The Morgan fingerprint density at radius 1 is 1.35 bits per heavy atom. The van der Waals surface area contributed by atoms with Gasteiger partial charge in [0.15, 0.2) is 5.17 Å². The van der Waals surface area contributed by atoms with E-state index in [-0.39, 0.29) is 23.8 Å². The number of anilines is 1. The molecule has 2 rings (SSSR count). The Hall–Kier alpha value is -2.02. The largest absolute Gasteiger partial charge is 0.497 e. The van der Waals surface area contributed by atoms with Gasteiger partial charge in [-0.15, -0.1) is 0 Å². The summed E-state index contributed by atoms with van der Waals surface area (Å²) in [5.74, 6) is 0.333. The monoisotopic (exact) mass is 335 g/mol. The van der Waals surface area contributed by atoms with Gasteiger partial charge in [-0.3, -0.25) is 14.6 Å². The predicted octanol–water partition coefficient (Wildman–Crippen LogP) is 2.41. The SMILES string of the molecule is COc1ccc(NC(=O)C[C@@H]2SC(=NC(C)(C)C)NC2=O)cc1. The lowest BCUT2D eigenvalue weighted by molar-refractivity contribution is -0.122. The summed E-state index contributed by atoms with van der Waals surface area (Å²) < 4.78 is 5.07. The third-order valence-corrected chi connectivity index (χ3v) is 4.04. The first-order valence-corrected chi connectivity index (χ1v) is 8.16. The first-order chi connectivity index (χ1) is 10.8. The van der Waals surface area contributed by atoms with Crippen LogP contribution in [-0.2, 0) is 9.59 Å². The van der Waals surface area contributed by atoms with Crippen molar-refractivity contribution in [2.75, 3.05) is 12.4 Å². The van der Waals surface area contributed by atoms with Crippen molar-refractivity contribution in [3.63, 3.8) is 0 Å². The van der Waals surface area contributed by atoms with Gasteiger partial charge in [-0.2, -0.15) is 0 Å². The second-order valence-electron chi connectivity index (χ2n) is 6.16. The summed E-state index contributed by atoms with van der Waals surface area (Å²) in [6, 6.07) is 7.04. The molecule has 0 bridgehead atoms. The maximum absolute atomic E-state index is 12.1. The Balaban J connectivity index is 1.92. The van der Waals surface area contributed by atoms with E-state index >= 15 is 0 Å². The minimum Gasteiger partial charge on any atom is -0.497 e. The molecule has 1 fully saturated rings. The summed E-state index contributed by atoms with van der Waals surface area (Å²) in [5, 5.41) is 5.62. The summed E-state index contributed by atoms with van der Waals surface area (Å²) in [6.07, 6.45) is 0.103. The van der Waals surface area contributed by atoms with Crippen LogP contribution in [0, 0.1) is 0 Å². The molecule has 0 spiro atoms. The molecule has 23 heavy (non-hydrogen) atoms. The highest BCUT2D eigenvalue weighted by Gasteiger charge is 2.32. The Morgan fingerprint density at radius 3 is 2.57 bits per heavy atom. The Morgan fingerprint density at radius 2 is 2.00 bits per heavy atom. The molecule has 2 amide bonds. The number of hydrogen-bond acceptors (Lipinski definition) is 5. The lowest BCUT2D eigenvalue weighted by atomic mass is 10.1. The van der Waals surface area contributed by atoms with Gasteiger partial charge in [0.25, 0.3) is 0 Å². The molecule has 1 heterocycles. The second kappa shape index (κ2) is 7.04. The Bertz CT molecular complexity index is 620. The van der Waals surface area contributed by atoms with Crippen LogP contribution in [0.4, 0.5) is 5.69 Å². The van der Waals surface area contributed by atoms with Crippen molar-refractivity contribution in [1.82, 2.24) is 5.32 Å². The number of thioether (sulfide) groups is 1. The van der Waals surface area contributed by atoms with Crippen LogP contribution in [0.1, 0.15) is 27.2 Å². The van der Waals surface area contributed by atoms with Gasteiger partial charge in [0, 0.05) is 12.1 Å². The van der Waals surface area contributed by atoms with Crippen LogP contribution in [-0.4, -0.2) is 34.9 Å². The highest BCUT2D eigenvalue weighted by Crippen LogP contribution is 2.25. The Kier molecular flexibility index (Phi) is 5.30. The van der Waals surface area contributed by atoms with Gasteiger partial charge in [-0.05, 0) is 45.0 Å². The molecule has 0 aromatic heterocycles. The third kappa shape index (κ3) is 5.28. The molecule has 1 aromatic carbocycles. The number of carbonyl (C=O) groups is 2. The van der Waals surface area contributed by atoms with Crippen LogP contribution in [0.15, 0.2) is 29.3 Å². The molecular formula is C16H21N3O3S. The molecule has 0 saturated carbocycles. The van der Waals surface area contributed by atoms with Crippen molar-refractivity contribution < 1.29 is 14.3 Å². The second-order valence-corrected chi connectivity index (χ2v) is 7.36. The topological polar surface area (TPSA) is 79.8 Å². The van der Waals surface area contributed by atoms with Gasteiger partial charge in [-0.1, -0.05) is 11.8 Å². The van der Waals surface area contributed by atoms with Crippen LogP contribution >= 0.6 is 11.8 Å². The number of ether oxygens (including phenoxy) is 1. The number of rotatable bonds is 4. The molecule has 1 aliphatic rings. The van der Waals surface area contributed by atoms with Crippen LogP contribution in [0.25, 0.3) is 0 Å². The van der Waals surface area contributed by atoms with Crippen molar-refractivity contribution in [3.05, 3.63) is 24.3 Å². The first-order valence-electron chi connectivity index (χ1n) is 7.28. The average molecular weight is 335 g/mol. The molecule has 0 unspecified atom stereocenters. The van der Waals surface area contributed by atoms with Gasteiger partial charge in [0.1, 0.15) is 11.0 Å². The summed E-state index contributed by atoms with van der Waals surface area (Å²) in [5.41, 5.74) is 0.401. The zero-order valence-electron chi connectivity index (χ0n) is 13.7. The molecule has 1 atom stereocenters. The summed E-state index contributed by atoms with van der Waals surface area (Å²) in [6.45, 7) is 5.86. The molecule has 7 heteroatoms. The van der Waals surface area contributed by atoms with Crippen molar-refractivity contribution in [2.45, 2.75) is 38.0 Å². The minimum absolute atomic E-state index is 0.103. The van der Waals surface area contributed by atoms with Crippen LogP contribution in [0.5, 0.6) is 5.75 Å². The van der Waals surface area contributed by atoms with E-state index in [0.717, 1.165) is 5.75 Å². The quantitative estimate of drug-likeness (QED) is 0.885. The summed E-state index contributed by atoms with van der Waals surface area (Å²) in [7, 11) is 1.58. The van der Waals surface area contributed by atoms with Crippen LogP contribution in [0.3, 0.4) is 0 Å². The van der Waals surface area contributed by atoms with E-state index in [0.29, 0.717) is 10.9 Å². The van der Waals surface area contributed by atoms with Crippen molar-refractivity contribution >= 4 is 34.4 Å². The molecule has 1 aromatic rings. The number of carbonyl (C=O) groups excluding carboxylic acids is 2. The number of nitrogens with zero attached hydrogens (tertiary/aromatic N) is 1. The van der Waals surface area contributed by atoms with Crippen molar-refractivity contribution in [2.24, 2.45) is 4.99 Å². The number of amidine groups is 1. The Labute approximate surface area is 140 Å². The van der Waals surface area contributed by atoms with E-state index in [9.17, 15) is 9.59 Å². The molecule has 0 aliphatic carbocycles. The number of aliphatic imine (C=N–C) groups is 1. The molecule has 1 saturated heterocycles. The zero-order valence-corrected chi connectivity index (χ0v) is 14.5. The number of amides is 2. The molecule has 124 valence electrons. The predicted molar refractivity (Wildman–Crippen MR) is 93.0 cm³/mol. The fraction of sp³-hybridized carbons (Fsp3) is 0.438. The fourth-order valence-corrected chi connectivity index (χ4v) is 3.11. The van der Waals surface area contributed by atoms with E-state index in [1.54, 1.807) is 31.4 Å². The lowest BCUT2D eigenvalue weighted by Crippen LogP contribution is -2.28. The highest BCUT2D eigenvalue weighted by atomic mass is 32.2. The van der Waals surface area contributed by atoms with Crippen LogP contribution < -0.4 is 15.4 Å². The third-order valence-electron chi connectivity index (χ3n) is 2.96. The summed E-state index contributed by atoms with van der Waals surface area (Å²) in [4.78, 5) is 28.4.